The molecular formula is C14H20ClNO3S2. The molecule has 3 rings (SSSR count). The quantitative estimate of drug-likeness (QED) is 0.787. The van der Waals surface area contributed by atoms with Gasteiger partial charge in [0.25, 0.3) is 10.0 Å². The van der Waals surface area contributed by atoms with Crippen LogP contribution in [0.25, 0.3) is 0 Å². The van der Waals surface area contributed by atoms with Crippen molar-refractivity contribution in [2.45, 2.75) is 54.8 Å². The first-order valence-corrected chi connectivity index (χ1v) is 10.1. The summed E-state index contributed by atoms with van der Waals surface area (Å²) < 4.78 is 33.8. The van der Waals surface area contributed by atoms with Crippen molar-refractivity contribution >= 4 is 33.0 Å². The van der Waals surface area contributed by atoms with Crippen molar-refractivity contribution in [1.82, 2.24) is 4.31 Å². The van der Waals surface area contributed by atoms with Crippen molar-refractivity contribution in [3.05, 3.63) is 16.5 Å². The summed E-state index contributed by atoms with van der Waals surface area (Å²) in [6, 6.07) is 1.75. The Morgan fingerprint density at radius 1 is 1.43 bits per heavy atom. The summed E-state index contributed by atoms with van der Waals surface area (Å²) in [6.07, 6.45) is 4.14. The number of hydrogen-bond acceptors (Lipinski definition) is 4. The number of ether oxygens (including phenoxy) is 1. The Kier molecular flexibility index (Phi) is 4.62. The number of halogens is 1. The molecule has 1 aromatic heterocycles. The molecule has 21 heavy (non-hydrogen) atoms. The molecule has 0 aromatic carbocycles. The standard InChI is InChI=1S/C14H20ClNO3S2/c1-10-8-14(20-13(10)9-15)21(17,18)16-6-7-19-12-5-3-2-4-11(12)16/h8,11-12H,2-7,9H2,1H3. The predicted molar refractivity (Wildman–Crippen MR) is 84.5 cm³/mol. The highest BCUT2D eigenvalue weighted by atomic mass is 35.5. The first-order chi connectivity index (χ1) is 10.0. The van der Waals surface area contributed by atoms with Crippen LogP contribution in [0.15, 0.2) is 10.3 Å². The average molecular weight is 350 g/mol. The Labute approximate surface area is 135 Å². The maximum absolute atomic E-state index is 13.0. The van der Waals surface area contributed by atoms with Crippen LogP contribution in [0, 0.1) is 6.92 Å². The van der Waals surface area contributed by atoms with Gasteiger partial charge < -0.3 is 4.74 Å². The molecule has 1 saturated heterocycles. The maximum Gasteiger partial charge on any atom is 0.252 e. The minimum Gasteiger partial charge on any atom is -0.375 e. The fourth-order valence-electron chi connectivity index (χ4n) is 3.22. The summed E-state index contributed by atoms with van der Waals surface area (Å²) in [7, 11) is -3.43. The first kappa shape index (κ1) is 15.7. The van der Waals surface area contributed by atoms with E-state index >= 15 is 0 Å². The number of rotatable bonds is 3. The molecule has 2 heterocycles. The van der Waals surface area contributed by atoms with Gasteiger partial charge in [-0.15, -0.1) is 22.9 Å². The van der Waals surface area contributed by atoms with Gasteiger partial charge in [-0.05, 0) is 31.4 Å². The molecule has 2 unspecified atom stereocenters. The minimum absolute atomic E-state index is 0.000595. The van der Waals surface area contributed by atoms with Gasteiger partial charge in [0.15, 0.2) is 0 Å². The second-order valence-corrected chi connectivity index (χ2v) is 9.20. The fraction of sp³-hybridized carbons (Fsp3) is 0.714. The normalized spacial score (nSPS) is 27.5. The second kappa shape index (κ2) is 6.16. The number of nitrogens with zero attached hydrogens (tertiary/aromatic N) is 1. The summed E-state index contributed by atoms with van der Waals surface area (Å²) in [5, 5.41) is 0. The molecule has 4 nitrogen and oxygen atoms in total. The van der Waals surface area contributed by atoms with Crippen molar-refractivity contribution in [3.8, 4) is 0 Å². The SMILES string of the molecule is Cc1cc(S(=O)(=O)N2CCOC3CCCCC32)sc1CCl. The highest BCUT2D eigenvalue weighted by Crippen LogP contribution is 2.35. The molecule has 0 N–H and O–H groups in total. The van der Waals surface area contributed by atoms with Crippen molar-refractivity contribution in [1.29, 1.82) is 0 Å². The molecule has 7 heteroatoms. The molecule has 0 spiro atoms. The molecule has 1 aliphatic carbocycles. The zero-order chi connectivity index (χ0) is 15.0. The van der Waals surface area contributed by atoms with E-state index in [0.717, 1.165) is 36.1 Å². The van der Waals surface area contributed by atoms with Gasteiger partial charge in [-0.1, -0.05) is 12.8 Å². The summed E-state index contributed by atoms with van der Waals surface area (Å²) in [5.74, 6) is 0.362. The lowest BCUT2D eigenvalue weighted by Crippen LogP contribution is -2.54. The Morgan fingerprint density at radius 2 is 2.19 bits per heavy atom. The zero-order valence-corrected chi connectivity index (χ0v) is 14.4. The number of morpholine rings is 1. The van der Waals surface area contributed by atoms with Gasteiger partial charge in [-0.2, -0.15) is 4.31 Å². The Balaban J connectivity index is 1.92. The van der Waals surface area contributed by atoms with E-state index < -0.39 is 10.0 Å². The number of fused-ring (bicyclic) bond motifs is 1. The van der Waals surface area contributed by atoms with Crippen LogP contribution in [0.5, 0.6) is 0 Å². The lowest BCUT2D eigenvalue weighted by molar-refractivity contribution is -0.0585. The molecule has 118 valence electrons. The van der Waals surface area contributed by atoms with Crippen LogP contribution in [-0.2, 0) is 20.6 Å². The Morgan fingerprint density at radius 3 is 2.90 bits per heavy atom. The number of thiophene rings is 1. The van der Waals surface area contributed by atoms with Crippen LogP contribution in [0.2, 0.25) is 0 Å². The maximum atomic E-state index is 13.0. The monoisotopic (exact) mass is 349 g/mol. The van der Waals surface area contributed by atoms with Crippen LogP contribution < -0.4 is 0 Å². The van der Waals surface area contributed by atoms with Crippen molar-refractivity contribution in [2.75, 3.05) is 13.2 Å². The molecule has 1 saturated carbocycles. The molecule has 2 aliphatic rings. The van der Waals surface area contributed by atoms with E-state index in [1.165, 1.54) is 11.3 Å². The third-order valence-electron chi connectivity index (χ3n) is 4.36. The van der Waals surface area contributed by atoms with E-state index in [0.29, 0.717) is 23.2 Å². The lowest BCUT2D eigenvalue weighted by atomic mass is 9.91. The largest absolute Gasteiger partial charge is 0.375 e. The first-order valence-electron chi connectivity index (χ1n) is 7.33. The van der Waals surface area contributed by atoms with E-state index in [2.05, 4.69) is 0 Å². The van der Waals surface area contributed by atoms with Gasteiger partial charge in [-0.25, -0.2) is 8.42 Å². The smallest absolute Gasteiger partial charge is 0.252 e. The fourth-order valence-corrected chi connectivity index (χ4v) is 6.83. The molecule has 0 amide bonds. The average Bonchev–Trinajstić information content (AvgIpc) is 2.88. The van der Waals surface area contributed by atoms with Crippen molar-refractivity contribution < 1.29 is 13.2 Å². The third kappa shape index (κ3) is 2.88. The highest BCUT2D eigenvalue weighted by Gasteiger charge is 2.41. The van der Waals surface area contributed by atoms with Gasteiger partial charge in [0.1, 0.15) is 4.21 Å². The highest BCUT2D eigenvalue weighted by molar-refractivity contribution is 7.91. The van der Waals surface area contributed by atoms with Crippen LogP contribution in [0.1, 0.15) is 36.1 Å². The van der Waals surface area contributed by atoms with Gasteiger partial charge in [0.05, 0.1) is 24.6 Å². The van der Waals surface area contributed by atoms with Crippen LogP contribution in [0.4, 0.5) is 0 Å². The van der Waals surface area contributed by atoms with Gasteiger partial charge in [-0.3, -0.25) is 0 Å². The summed E-state index contributed by atoms with van der Waals surface area (Å²) >= 11 is 7.17. The van der Waals surface area contributed by atoms with E-state index in [9.17, 15) is 8.42 Å². The summed E-state index contributed by atoms with van der Waals surface area (Å²) in [5.41, 5.74) is 0.960. The van der Waals surface area contributed by atoms with Crippen molar-refractivity contribution in [3.63, 3.8) is 0 Å². The molecular weight excluding hydrogens is 330 g/mol. The van der Waals surface area contributed by atoms with Crippen LogP contribution in [0.3, 0.4) is 0 Å². The third-order valence-corrected chi connectivity index (χ3v) is 8.40. The summed E-state index contributed by atoms with van der Waals surface area (Å²) in [6.45, 7) is 2.86. The lowest BCUT2D eigenvalue weighted by Gasteiger charge is -2.42. The molecule has 0 bridgehead atoms. The molecule has 2 fully saturated rings. The molecule has 0 radical (unpaired) electrons. The molecule has 1 aromatic rings. The topological polar surface area (TPSA) is 46.6 Å². The van der Waals surface area contributed by atoms with Crippen molar-refractivity contribution in [2.24, 2.45) is 0 Å². The number of aryl methyl sites for hydroxylation is 1. The minimum atomic E-state index is -3.43. The number of sulfonamides is 1. The number of hydrogen-bond donors (Lipinski definition) is 0. The van der Waals surface area contributed by atoms with E-state index in [1.807, 2.05) is 6.92 Å². The predicted octanol–water partition coefficient (Wildman–Crippen LogP) is 3.13. The molecule has 2 atom stereocenters. The van der Waals surface area contributed by atoms with Gasteiger partial charge in [0.2, 0.25) is 0 Å². The van der Waals surface area contributed by atoms with Crippen LogP contribution in [-0.4, -0.2) is 38.0 Å². The second-order valence-electron chi connectivity index (χ2n) is 5.68. The Bertz CT molecular complexity index is 612. The van der Waals surface area contributed by atoms with E-state index in [4.69, 9.17) is 16.3 Å². The zero-order valence-electron chi connectivity index (χ0n) is 12.0. The Hall–Kier alpha value is -0.140. The van der Waals surface area contributed by atoms with E-state index in [1.54, 1.807) is 10.4 Å². The number of alkyl halides is 1. The van der Waals surface area contributed by atoms with Crippen LogP contribution >= 0.6 is 22.9 Å². The molecule has 1 aliphatic heterocycles. The van der Waals surface area contributed by atoms with Gasteiger partial charge >= 0.3 is 0 Å². The summed E-state index contributed by atoms with van der Waals surface area (Å²) in [4.78, 5) is 0.934. The van der Waals surface area contributed by atoms with Gasteiger partial charge in [0, 0.05) is 11.4 Å². The van der Waals surface area contributed by atoms with E-state index in [-0.39, 0.29) is 12.1 Å².